The van der Waals surface area contributed by atoms with Crippen LogP contribution in [0.25, 0.3) is 0 Å². The van der Waals surface area contributed by atoms with Crippen LogP contribution in [0.1, 0.15) is 85.5 Å². The van der Waals surface area contributed by atoms with Crippen molar-refractivity contribution in [3.63, 3.8) is 0 Å². The molecule has 406 valence electrons. The molecule has 0 bridgehead atoms. The van der Waals surface area contributed by atoms with Crippen molar-refractivity contribution < 1.29 is 82.3 Å². The van der Waals surface area contributed by atoms with E-state index in [0.717, 1.165) is 12.8 Å². The van der Waals surface area contributed by atoms with E-state index in [2.05, 4.69) is 31.9 Å². The Hall–Kier alpha value is -6.19. The summed E-state index contributed by atoms with van der Waals surface area (Å²) in [4.78, 5) is 132. The van der Waals surface area contributed by atoms with Gasteiger partial charge in [0.15, 0.2) is 6.23 Å². The molecule has 0 radical (unpaired) electrons. The van der Waals surface area contributed by atoms with Crippen LogP contribution in [0.15, 0.2) is 0 Å². The molecule has 1 saturated heterocycles. The van der Waals surface area contributed by atoms with Crippen molar-refractivity contribution in [3.05, 3.63) is 0 Å². The lowest BCUT2D eigenvalue weighted by atomic mass is 10.1. The minimum atomic E-state index is -1.41. The number of carbonyl (C=O) groups is 11. The van der Waals surface area contributed by atoms with E-state index in [-0.39, 0.29) is 81.3 Å². The first-order valence-corrected chi connectivity index (χ1v) is 23.7. The van der Waals surface area contributed by atoms with Crippen molar-refractivity contribution in [2.75, 3.05) is 105 Å². The van der Waals surface area contributed by atoms with Crippen molar-refractivity contribution in [1.82, 2.24) is 51.5 Å². The Labute approximate surface area is 414 Å². The van der Waals surface area contributed by atoms with Crippen LogP contribution < -0.4 is 31.9 Å². The van der Waals surface area contributed by atoms with Gasteiger partial charge in [-0.05, 0) is 32.1 Å². The Kier molecular flexibility index (Phi) is 37.0. The molecule has 0 aliphatic carbocycles. The number of carbonyl (C=O) groups excluding carboxylic acids is 8. The molecule has 0 unspecified atom stereocenters. The molecule has 71 heavy (non-hydrogen) atoms. The van der Waals surface area contributed by atoms with Gasteiger partial charge in [-0.1, -0.05) is 34.1 Å². The molecule has 1 rings (SSSR count). The predicted octanol–water partition coefficient (Wildman–Crippen LogP) is -1.84. The van der Waals surface area contributed by atoms with Crippen LogP contribution in [0, 0.1) is 11.8 Å². The lowest BCUT2D eigenvalue weighted by molar-refractivity contribution is -0.141. The number of urea groups is 1. The van der Waals surface area contributed by atoms with Crippen LogP contribution in [-0.4, -0.2) is 219 Å². The predicted molar refractivity (Wildman–Crippen MR) is 253 cm³/mol. The van der Waals surface area contributed by atoms with Crippen LogP contribution in [0.5, 0.6) is 0 Å². The Morgan fingerprint density at radius 2 is 0.986 bits per heavy atom. The lowest BCUT2D eigenvalue weighted by Gasteiger charge is -2.33. The number of aliphatic carboxylic acids is 3. The van der Waals surface area contributed by atoms with E-state index in [1.54, 1.807) is 18.7 Å². The van der Waals surface area contributed by atoms with Crippen molar-refractivity contribution in [2.24, 2.45) is 11.8 Å². The highest BCUT2D eigenvalue weighted by molar-refractivity contribution is 5.83. The second-order valence-corrected chi connectivity index (χ2v) is 17.0. The standard InChI is InChI=1S/C22H40N6O8.C22H38N4O9/c1-19(2)22(34)24-4-3-23-20(31)13-25-5-6-26(14-21(32)33)8-10-28(16-36-18-30)12-11-27(9-7-25)15-35-17-29;1-15(2)20(31)24-13-6-3-4-8-17(28)23-12-7-5-9-18(35-14-27)26-22(34)25-16(21(32)33)10-11-19(29)30/h17-19H,3-16H2,1-2H3,(H,23,31)(H,24,34)(H,32,33);14-16,18H,3-13H2,1-2H3,(H,23,28)(H,24,31)(H,29,30)(H,32,33)(H2,25,26,34)/t;16-,18+/m.0/s1. The maximum Gasteiger partial charge on any atom is 0.326 e. The molecule has 1 aliphatic heterocycles. The topological polar surface area (TPSA) is 361 Å². The maximum absolute atomic E-state index is 12.5. The summed E-state index contributed by atoms with van der Waals surface area (Å²) in [5.41, 5.74) is 0. The number of rotatable bonds is 34. The van der Waals surface area contributed by atoms with Crippen LogP contribution in [-0.2, 0) is 62.2 Å². The van der Waals surface area contributed by atoms with Gasteiger partial charge in [-0.3, -0.25) is 62.8 Å². The number of hydrogen-bond acceptors (Lipinski definition) is 18. The summed E-state index contributed by atoms with van der Waals surface area (Å²) in [7, 11) is 0. The summed E-state index contributed by atoms with van der Waals surface area (Å²) in [5, 5.41) is 42.6. The molecule has 0 aromatic rings. The van der Waals surface area contributed by atoms with Gasteiger partial charge in [-0.2, -0.15) is 0 Å². The molecular formula is C44H78N10O17. The van der Waals surface area contributed by atoms with Gasteiger partial charge in [0.25, 0.3) is 19.4 Å². The molecule has 9 N–H and O–H groups in total. The zero-order chi connectivity index (χ0) is 53.4. The minimum Gasteiger partial charge on any atom is -0.481 e. The van der Waals surface area contributed by atoms with E-state index in [1.165, 1.54) is 0 Å². The minimum absolute atomic E-state index is 0.0135. The van der Waals surface area contributed by atoms with Gasteiger partial charge in [-0.15, -0.1) is 0 Å². The SMILES string of the molecule is CC(C)C(=O)NCCCCCC(=O)NCCCC[C@H](NC(=O)N[C@@H](CCC(=O)O)C(=O)O)OC=O.CC(C)C(=O)NCCNC(=O)CN1CCN(COC=O)CCN(COC=O)CCN(CC(=O)O)CC1. The monoisotopic (exact) mass is 1020 g/mol. The highest BCUT2D eigenvalue weighted by Crippen LogP contribution is 2.05. The van der Waals surface area contributed by atoms with E-state index >= 15 is 0 Å². The van der Waals surface area contributed by atoms with Gasteiger partial charge in [0, 0.05) is 110 Å². The first-order chi connectivity index (χ1) is 33.8. The Morgan fingerprint density at radius 1 is 0.507 bits per heavy atom. The molecule has 27 nitrogen and oxygen atoms in total. The van der Waals surface area contributed by atoms with Crippen molar-refractivity contribution in [3.8, 4) is 0 Å². The lowest BCUT2D eigenvalue weighted by Crippen LogP contribution is -2.49. The molecule has 2 atom stereocenters. The van der Waals surface area contributed by atoms with Crippen LogP contribution in [0.2, 0.25) is 0 Å². The number of ether oxygens (including phenoxy) is 3. The van der Waals surface area contributed by atoms with Gasteiger partial charge < -0.3 is 61.4 Å². The third kappa shape index (κ3) is 36.4. The van der Waals surface area contributed by atoms with Gasteiger partial charge in [0.2, 0.25) is 23.6 Å². The van der Waals surface area contributed by atoms with Crippen LogP contribution in [0.3, 0.4) is 0 Å². The molecule has 6 amide bonds. The molecule has 0 aromatic carbocycles. The van der Waals surface area contributed by atoms with E-state index in [1.807, 2.05) is 28.5 Å². The van der Waals surface area contributed by atoms with E-state index in [9.17, 15) is 57.8 Å². The number of nitrogens with one attached hydrogen (secondary N) is 6. The molecule has 0 aromatic heterocycles. The fourth-order valence-corrected chi connectivity index (χ4v) is 6.35. The summed E-state index contributed by atoms with van der Waals surface area (Å²) in [6.45, 7) is 13.5. The zero-order valence-corrected chi connectivity index (χ0v) is 41.6. The molecule has 1 aliphatic rings. The van der Waals surface area contributed by atoms with Crippen molar-refractivity contribution >= 4 is 67.0 Å². The smallest absolute Gasteiger partial charge is 0.326 e. The summed E-state index contributed by atoms with van der Waals surface area (Å²) in [6.07, 6.45) is 2.26. The van der Waals surface area contributed by atoms with Gasteiger partial charge >= 0.3 is 23.9 Å². The average Bonchev–Trinajstić information content (AvgIpc) is 3.30. The van der Waals surface area contributed by atoms with E-state index in [0.29, 0.717) is 117 Å². The number of nitrogens with zero attached hydrogens (tertiary/aromatic N) is 4. The second kappa shape index (κ2) is 40.5. The van der Waals surface area contributed by atoms with E-state index in [4.69, 9.17) is 24.4 Å². The fraction of sp³-hybridized carbons (Fsp3) is 0.750. The highest BCUT2D eigenvalue weighted by Gasteiger charge is 2.23. The second-order valence-electron chi connectivity index (χ2n) is 17.0. The molecule has 1 fully saturated rings. The Balaban J connectivity index is 0.00000138. The number of hydrogen-bond donors (Lipinski definition) is 9. The number of unbranched alkanes of at least 4 members (excludes halogenated alkanes) is 3. The Bertz CT molecular complexity index is 1630. The largest absolute Gasteiger partial charge is 0.481 e. The molecule has 0 spiro atoms. The third-order valence-corrected chi connectivity index (χ3v) is 10.5. The summed E-state index contributed by atoms with van der Waals surface area (Å²) in [5.74, 6) is -4.08. The van der Waals surface area contributed by atoms with Crippen molar-refractivity contribution in [2.45, 2.75) is 97.8 Å². The summed E-state index contributed by atoms with van der Waals surface area (Å²) in [6, 6.07) is -2.32. The summed E-state index contributed by atoms with van der Waals surface area (Å²) >= 11 is 0. The average molecular weight is 1020 g/mol. The molecule has 1 heterocycles. The number of carboxylic acids is 3. The third-order valence-electron chi connectivity index (χ3n) is 10.5. The molecule has 27 heteroatoms. The van der Waals surface area contributed by atoms with Gasteiger partial charge in [0.05, 0.1) is 13.1 Å². The molecule has 0 saturated carbocycles. The maximum atomic E-state index is 12.5. The van der Waals surface area contributed by atoms with Gasteiger partial charge in [0.1, 0.15) is 19.5 Å². The van der Waals surface area contributed by atoms with Gasteiger partial charge in [-0.25, -0.2) is 9.59 Å². The quantitative estimate of drug-likeness (QED) is 0.0148. The van der Waals surface area contributed by atoms with Crippen LogP contribution in [0.4, 0.5) is 4.79 Å². The zero-order valence-electron chi connectivity index (χ0n) is 41.6. The number of carboxylic acid groups (broad SMARTS) is 3. The normalized spacial score (nSPS) is 14.8. The van der Waals surface area contributed by atoms with Crippen molar-refractivity contribution in [1.29, 1.82) is 0 Å². The first-order valence-electron chi connectivity index (χ1n) is 23.7. The molecular weight excluding hydrogens is 941 g/mol. The fourth-order valence-electron chi connectivity index (χ4n) is 6.35. The Morgan fingerprint density at radius 3 is 1.48 bits per heavy atom. The summed E-state index contributed by atoms with van der Waals surface area (Å²) < 4.78 is 14.6. The highest BCUT2D eigenvalue weighted by atomic mass is 16.5. The number of amides is 6. The first kappa shape index (κ1) is 64.8. The van der Waals surface area contributed by atoms with E-state index < -0.39 is 42.6 Å². The van der Waals surface area contributed by atoms with Crippen LogP contribution >= 0.6 is 0 Å².